The number of amides is 2. The van der Waals surface area contributed by atoms with Crippen LogP contribution in [0.5, 0.6) is 0 Å². The van der Waals surface area contributed by atoms with Gasteiger partial charge < -0.3 is 15.3 Å². The van der Waals surface area contributed by atoms with Crippen LogP contribution in [0.2, 0.25) is 0 Å². The molecule has 2 N–H and O–H groups in total. The van der Waals surface area contributed by atoms with Crippen molar-refractivity contribution < 1.29 is 19.5 Å². The van der Waals surface area contributed by atoms with Gasteiger partial charge in [0, 0.05) is 18.0 Å². The Bertz CT molecular complexity index is 827. The Morgan fingerprint density at radius 1 is 0.933 bits per heavy atom. The molecular formula is C23H32N2O4S. The Hall–Kier alpha value is -1.89. The predicted molar refractivity (Wildman–Crippen MR) is 117 cm³/mol. The maximum atomic E-state index is 13.5. The van der Waals surface area contributed by atoms with Crippen LogP contribution in [-0.4, -0.2) is 40.9 Å². The molecule has 30 heavy (non-hydrogen) atoms. The van der Waals surface area contributed by atoms with Gasteiger partial charge in [-0.2, -0.15) is 0 Å². The fourth-order valence-corrected chi connectivity index (χ4v) is 6.76. The quantitative estimate of drug-likeness (QED) is 0.719. The van der Waals surface area contributed by atoms with Gasteiger partial charge in [0.05, 0.1) is 17.4 Å². The molecule has 6 nitrogen and oxygen atoms in total. The van der Waals surface area contributed by atoms with E-state index in [0.29, 0.717) is 23.4 Å². The molecule has 2 atom stereocenters. The number of rotatable bonds is 5. The highest BCUT2D eigenvalue weighted by Crippen LogP contribution is 2.41. The van der Waals surface area contributed by atoms with Crippen molar-refractivity contribution >= 4 is 34.1 Å². The molecule has 0 spiro atoms. The van der Waals surface area contributed by atoms with Gasteiger partial charge >= 0.3 is 5.97 Å². The smallest absolute Gasteiger partial charge is 0.307 e. The molecule has 0 saturated heterocycles. The highest BCUT2D eigenvalue weighted by atomic mass is 32.1. The summed E-state index contributed by atoms with van der Waals surface area (Å²) in [5, 5.41) is 13.2. The zero-order valence-electron chi connectivity index (χ0n) is 17.7. The molecule has 1 aromatic rings. The first-order valence-corrected chi connectivity index (χ1v) is 12.2. The van der Waals surface area contributed by atoms with E-state index in [1.54, 1.807) is 0 Å². The Balaban J connectivity index is 1.57. The van der Waals surface area contributed by atoms with E-state index < -0.39 is 17.8 Å². The number of hydrogen-bond acceptors (Lipinski definition) is 4. The zero-order chi connectivity index (χ0) is 21.3. The molecule has 2 amide bonds. The van der Waals surface area contributed by atoms with Crippen molar-refractivity contribution in [3.05, 3.63) is 16.0 Å². The van der Waals surface area contributed by atoms with Crippen molar-refractivity contribution in [2.24, 2.45) is 11.8 Å². The lowest BCUT2D eigenvalue weighted by Gasteiger charge is -2.32. The second kappa shape index (κ2) is 9.08. The van der Waals surface area contributed by atoms with Gasteiger partial charge in [-0.3, -0.25) is 14.4 Å². The number of aliphatic carboxylic acids is 1. The van der Waals surface area contributed by atoms with E-state index in [4.69, 9.17) is 0 Å². The van der Waals surface area contributed by atoms with E-state index in [2.05, 4.69) is 5.32 Å². The summed E-state index contributed by atoms with van der Waals surface area (Å²) < 4.78 is 0. The number of carbonyl (C=O) groups excluding carboxylic acids is 2. The monoisotopic (exact) mass is 432 g/mol. The number of anilines is 1. The third kappa shape index (κ3) is 4.13. The van der Waals surface area contributed by atoms with Crippen molar-refractivity contribution in [3.8, 4) is 0 Å². The number of carbonyl (C=O) groups is 3. The van der Waals surface area contributed by atoms with Crippen LogP contribution < -0.4 is 5.32 Å². The molecule has 1 aromatic heterocycles. The summed E-state index contributed by atoms with van der Waals surface area (Å²) in [5.41, 5.74) is 1.76. The molecule has 4 rings (SSSR count). The van der Waals surface area contributed by atoms with Crippen molar-refractivity contribution in [3.63, 3.8) is 0 Å². The standard InChI is InChI=1S/C23H32N2O4S/c1-25(14-8-3-2-4-9-14)22(27)19-17-12-7-13-18(17)30-21(19)24-20(26)15-10-5-6-11-16(15)23(28)29/h14-16H,2-13H2,1H3,(H,24,26)(H,28,29). The van der Waals surface area contributed by atoms with E-state index in [1.807, 2.05) is 11.9 Å². The van der Waals surface area contributed by atoms with Crippen LogP contribution in [-0.2, 0) is 22.4 Å². The van der Waals surface area contributed by atoms with Crippen LogP contribution >= 0.6 is 11.3 Å². The molecule has 1 heterocycles. The average molecular weight is 433 g/mol. The Morgan fingerprint density at radius 3 is 2.30 bits per heavy atom. The first kappa shape index (κ1) is 21.3. The Labute approximate surface area is 182 Å². The third-order valence-electron chi connectivity index (χ3n) is 7.23. The Kier molecular flexibility index (Phi) is 6.46. The van der Waals surface area contributed by atoms with Gasteiger partial charge in [-0.25, -0.2) is 0 Å². The topological polar surface area (TPSA) is 86.7 Å². The van der Waals surface area contributed by atoms with Crippen LogP contribution in [0.15, 0.2) is 0 Å². The molecule has 7 heteroatoms. The van der Waals surface area contributed by atoms with Crippen LogP contribution in [0.3, 0.4) is 0 Å². The fraction of sp³-hybridized carbons (Fsp3) is 0.696. The second-order valence-electron chi connectivity index (χ2n) is 9.09. The zero-order valence-corrected chi connectivity index (χ0v) is 18.6. The lowest BCUT2D eigenvalue weighted by atomic mass is 9.78. The van der Waals surface area contributed by atoms with Gasteiger partial charge in [0.2, 0.25) is 5.91 Å². The van der Waals surface area contributed by atoms with Gasteiger partial charge in [-0.1, -0.05) is 32.1 Å². The molecule has 3 aliphatic carbocycles. The normalized spacial score (nSPS) is 24.3. The summed E-state index contributed by atoms with van der Waals surface area (Å²) in [4.78, 5) is 41.3. The number of nitrogens with one attached hydrogen (secondary N) is 1. The largest absolute Gasteiger partial charge is 0.481 e. The summed E-state index contributed by atoms with van der Waals surface area (Å²) in [6, 6.07) is 0.265. The number of nitrogens with zero attached hydrogens (tertiary/aromatic N) is 1. The van der Waals surface area contributed by atoms with Gasteiger partial charge in [0.25, 0.3) is 5.91 Å². The molecule has 2 saturated carbocycles. The minimum absolute atomic E-state index is 0.00929. The van der Waals surface area contributed by atoms with E-state index >= 15 is 0 Å². The second-order valence-corrected chi connectivity index (χ2v) is 10.2. The van der Waals surface area contributed by atoms with E-state index in [9.17, 15) is 19.5 Å². The van der Waals surface area contributed by atoms with Crippen molar-refractivity contribution in [2.45, 2.75) is 83.1 Å². The minimum Gasteiger partial charge on any atom is -0.481 e. The van der Waals surface area contributed by atoms with Crippen molar-refractivity contribution in [2.75, 3.05) is 12.4 Å². The molecule has 164 valence electrons. The first-order chi connectivity index (χ1) is 14.5. The lowest BCUT2D eigenvalue weighted by Crippen LogP contribution is -2.39. The van der Waals surface area contributed by atoms with E-state index in [-0.39, 0.29) is 17.9 Å². The SMILES string of the molecule is CN(C(=O)c1c(NC(=O)C2CCCCC2C(=O)O)sc2c1CCC2)C1CCCCC1. The molecule has 0 aromatic carbocycles. The number of carboxylic acid groups (broad SMARTS) is 1. The Morgan fingerprint density at radius 2 is 1.60 bits per heavy atom. The van der Waals surface area contributed by atoms with Crippen LogP contribution in [0.25, 0.3) is 0 Å². The van der Waals surface area contributed by atoms with Gasteiger partial charge in [-0.15, -0.1) is 11.3 Å². The number of carboxylic acids is 1. The molecule has 3 aliphatic rings. The number of aryl methyl sites for hydroxylation is 1. The first-order valence-electron chi connectivity index (χ1n) is 11.4. The molecular weight excluding hydrogens is 400 g/mol. The average Bonchev–Trinajstić information content (AvgIpc) is 3.34. The highest BCUT2D eigenvalue weighted by molar-refractivity contribution is 7.17. The van der Waals surface area contributed by atoms with Gasteiger partial charge in [0.1, 0.15) is 5.00 Å². The molecule has 2 unspecified atom stereocenters. The number of fused-ring (bicyclic) bond motifs is 1. The molecule has 0 radical (unpaired) electrons. The molecule has 0 bridgehead atoms. The summed E-state index contributed by atoms with van der Waals surface area (Å²) >= 11 is 1.52. The minimum atomic E-state index is -0.892. The van der Waals surface area contributed by atoms with Gasteiger partial charge in [0.15, 0.2) is 0 Å². The third-order valence-corrected chi connectivity index (χ3v) is 8.44. The summed E-state index contributed by atoms with van der Waals surface area (Å²) in [6.07, 6.45) is 11.4. The molecule has 2 fully saturated rings. The summed E-state index contributed by atoms with van der Waals surface area (Å²) in [6.45, 7) is 0. The highest BCUT2D eigenvalue weighted by Gasteiger charge is 2.37. The lowest BCUT2D eigenvalue weighted by molar-refractivity contribution is -0.147. The van der Waals surface area contributed by atoms with Crippen LogP contribution in [0.4, 0.5) is 5.00 Å². The van der Waals surface area contributed by atoms with E-state index in [0.717, 1.165) is 63.4 Å². The molecule has 0 aliphatic heterocycles. The van der Waals surface area contributed by atoms with Gasteiger partial charge in [-0.05, 0) is 50.5 Å². The van der Waals surface area contributed by atoms with Crippen molar-refractivity contribution in [1.29, 1.82) is 0 Å². The maximum absolute atomic E-state index is 13.5. The van der Waals surface area contributed by atoms with E-state index in [1.165, 1.54) is 22.6 Å². The number of hydrogen-bond donors (Lipinski definition) is 2. The van der Waals surface area contributed by atoms with Crippen LogP contribution in [0, 0.1) is 11.8 Å². The summed E-state index contributed by atoms with van der Waals surface area (Å²) in [5.74, 6) is -2.27. The van der Waals surface area contributed by atoms with Crippen LogP contribution in [0.1, 0.15) is 85.0 Å². The fourth-order valence-electron chi connectivity index (χ4n) is 5.47. The van der Waals surface area contributed by atoms with Crippen molar-refractivity contribution in [1.82, 2.24) is 4.90 Å². The number of thiophene rings is 1. The summed E-state index contributed by atoms with van der Waals surface area (Å²) in [7, 11) is 1.89. The maximum Gasteiger partial charge on any atom is 0.307 e. The predicted octanol–water partition coefficient (Wildman–Crippen LogP) is 4.47.